The standard InChI is InChI=1S/C22H30N6O3S/c1-4-31-13-11-24-20-18-15-25-28(21(18)27-22(26-20)32-5-2)12-10-23-19(29)14-16-6-8-17(30-3)9-7-16/h6-9,15H,4-5,10-14H2,1-3H3,(H,23,29)(H,24,26,27). The van der Waals surface area contributed by atoms with Gasteiger partial charge < -0.3 is 20.1 Å². The van der Waals surface area contributed by atoms with Crippen LogP contribution in [0.2, 0.25) is 0 Å². The highest BCUT2D eigenvalue weighted by Gasteiger charge is 2.13. The van der Waals surface area contributed by atoms with E-state index in [2.05, 4.69) is 32.6 Å². The topological polar surface area (TPSA) is 103 Å². The minimum atomic E-state index is -0.0400. The molecule has 0 bridgehead atoms. The summed E-state index contributed by atoms with van der Waals surface area (Å²) in [5.41, 5.74) is 1.68. The van der Waals surface area contributed by atoms with Gasteiger partial charge in [0, 0.05) is 19.7 Å². The first-order valence-electron chi connectivity index (χ1n) is 10.7. The maximum absolute atomic E-state index is 12.3. The number of nitrogens with zero attached hydrogens (tertiary/aromatic N) is 4. The van der Waals surface area contributed by atoms with E-state index < -0.39 is 0 Å². The molecule has 2 aromatic heterocycles. The molecule has 0 fully saturated rings. The maximum atomic E-state index is 12.3. The maximum Gasteiger partial charge on any atom is 0.224 e. The Morgan fingerprint density at radius 2 is 1.97 bits per heavy atom. The number of carbonyl (C=O) groups is 1. The summed E-state index contributed by atoms with van der Waals surface area (Å²) < 4.78 is 12.4. The average Bonchev–Trinajstić information content (AvgIpc) is 3.20. The number of thioether (sulfide) groups is 1. The molecule has 0 aliphatic heterocycles. The van der Waals surface area contributed by atoms with Gasteiger partial charge in [0.15, 0.2) is 10.8 Å². The number of hydrogen-bond acceptors (Lipinski definition) is 8. The second kappa shape index (κ2) is 12.3. The molecule has 0 saturated carbocycles. The zero-order valence-electron chi connectivity index (χ0n) is 18.8. The number of ether oxygens (including phenoxy) is 2. The summed E-state index contributed by atoms with van der Waals surface area (Å²) >= 11 is 1.58. The van der Waals surface area contributed by atoms with Gasteiger partial charge in [-0.3, -0.25) is 4.79 Å². The van der Waals surface area contributed by atoms with Crippen molar-refractivity contribution in [3.63, 3.8) is 0 Å². The molecule has 32 heavy (non-hydrogen) atoms. The number of amides is 1. The highest BCUT2D eigenvalue weighted by Crippen LogP contribution is 2.24. The molecule has 3 rings (SSSR count). The van der Waals surface area contributed by atoms with Crippen molar-refractivity contribution in [3.05, 3.63) is 36.0 Å². The van der Waals surface area contributed by atoms with Crippen LogP contribution in [-0.4, -0.2) is 64.8 Å². The normalized spacial score (nSPS) is 11.0. The number of fused-ring (bicyclic) bond motifs is 1. The van der Waals surface area contributed by atoms with Crippen LogP contribution in [0, 0.1) is 0 Å². The summed E-state index contributed by atoms with van der Waals surface area (Å²) in [6, 6.07) is 7.49. The van der Waals surface area contributed by atoms with Gasteiger partial charge in [0.2, 0.25) is 5.91 Å². The summed E-state index contributed by atoms with van der Waals surface area (Å²) in [6.45, 7) is 6.95. The highest BCUT2D eigenvalue weighted by molar-refractivity contribution is 7.99. The summed E-state index contributed by atoms with van der Waals surface area (Å²) in [5.74, 6) is 2.36. The SMILES string of the molecule is CCOCCNc1nc(SCC)nc2c1cnn2CCNC(=O)Cc1ccc(OC)cc1. The van der Waals surface area contributed by atoms with Crippen LogP contribution in [0.15, 0.2) is 35.6 Å². The highest BCUT2D eigenvalue weighted by atomic mass is 32.2. The van der Waals surface area contributed by atoms with Gasteiger partial charge in [-0.2, -0.15) is 5.10 Å². The predicted octanol–water partition coefficient (Wildman–Crippen LogP) is 2.75. The number of benzene rings is 1. The Morgan fingerprint density at radius 3 is 2.69 bits per heavy atom. The number of carbonyl (C=O) groups excluding carboxylic acids is 1. The molecule has 0 radical (unpaired) electrons. The van der Waals surface area contributed by atoms with E-state index in [0.29, 0.717) is 44.4 Å². The quantitative estimate of drug-likeness (QED) is 0.229. The number of hydrogen-bond donors (Lipinski definition) is 2. The molecule has 172 valence electrons. The molecule has 10 heteroatoms. The Bertz CT molecular complexity index is 1010. The van der Waals surface area contributed by atoms with Crippen LogP contribution < -0.4 is 15.4 Å². The van der Waals surface area contributed by atoms with E-state index in [9.17, 15) is 4.79 Å². The van der Waals surface area contributed by atoms with Gasteiger partial charge in [-0.05, 0) is 30.4 Å². The number of rotatable bonds is 13. The molecule has 3 aromatic rings. The minimum Gasteiger partial charge on any atom is -0.497 e. The minimum absolute atomic E-state index is 0.0400. The van der Waals surface area contributed by atoms with Crippen LogP contribution in [0.25, 0.3) is 11.0 Å². The first-order valence-corrected chi connectivity index (χ1v) is 11.7. The van der Waals surface area contributed by atoms with Crippen LogP contribution in [0.3, 0.4) is 0 Å². The van der Waals surface area contributed by atoms with Gasteiger partial charge in [-0.15, -0.1) is 0 Å². The lowest BCUT2D eigenvalue weighted by Gasteiger charge is -2.10. The van der Waals surface area contributed by atoms with Crippen LogP contribution in [-0.2, 0) is 22.5 Å². The van der Waals surface area contributed by atoms with Crippen molar-refractivity contribution in [2.75, 3.05) is 44.5 Å². The molecule has 0 saturated heterocycles. The first kappa shape index (κ1) is 23.8. The lowest BCUT2D eigenvalue weighted by atomic mass is 10.1. The van der Waals surface area contributed by atoms with Gasteiger partial charge in [0.05, 0.1) is 38.3 Å². The molecule has 2 N–H and O–H groups in total. The Kier molecular flexibility index (Phi) is 9.12. The van der Waals surface area contributed by atoms with Crippen molar-refractivity contribution in [1.29, 1.82) is 0 Å². The first-order chi connectivity index (χ1) is 15.6. The summed E-state index contributed by atoms with van der Waals surface area (Å²) in [6.07, 6.45) is 2.08. The number of anilines is 1. The number of aromatic nitrogens is 4. The van der Waals surface area contributed by atoms with Gasteiger partial charge in [0.25, 0.3) is 0 Å². The Hall–Kier alpha value is -2.85. The predicted molar refractivity (Wildman–Crippen MR) is 126 cm³/mol. The van der Waals surface area contributed by atoms with Crippen LogP contribution in [0.5, 0.6) is 5.75 Å². The second-order valence-corrected chi connectivity index (χ2v) is 8.12. The number of methoxy groups -OCH3 is 1. The molecule has 1 amide bonds. The third-order valence-electron chi connectivity index (χ3n) is 4.66. The lowest BCUT2D eigenvalue weighted by molar-refractivity contribution is -0.120. The Labute approximate surface area is 192 Å². The zero-order chi connectivity index (χ0) is 22.8. The zero-order valence-corrected chi connectivity index (χ0v) is 19.6. The van der Waals surface area contributed by atoms with Gasteiger partial charge in [-0.25, -0.2) is 14.6 Å². The fraction of sp³-hybridized carbons (Fsp3) is 0.455. The van der Waals surface area contributed by atoms with Crippen molar-refractivity contribution in [2.45, 2.75) is 32.0 Å². The molecular weight excluding hydrogens is 428 g/mol. The van der Waals surface area contributed by atoms with E-state index in [-0.39, 0.29) is 5.91 Å². The molecule has 2 heterocycles. The smallest absolute Gasteiger partial charge is 0.224 e. The summed E-state index contributed by atoms with van der Waals surface area (Å²) in [7, 11) is 1.62. The van der Waals surface area contributed by atoms with Crippen LogP contribution in [0.4, 0.5) is 5.82 Å². The van der Waals surface area contributed by atoms with Gasteiger partial charge in [-0.1, -0.05) is 30.8 Å². The molecule has 0 atom stereocenters. The van der Waals surface area contributed by atoms with Crippen LogP contribution >= 0.6 is 11.8 Å². The Morgan fingerprint density at radius 1 is 1.16 bits per heavy atom. The monoisotopic (exact) mass is 458 g/mol. The molecule has 9 nitrogen and oxygen atoms in total. The average molecular weight is 459 g/mol. The van der Waals surface area contributed by atoms with E-state index in [1.807, 2.05) is 31.2 Å². The molecular formula is C22H30N6O3S. The fourth-order valence-electron chi connectivity index (χ4n) is 3.11. The van der Waals surface area contributed by atoms with Crippen molar-refractivity contribution in [3.8, 4) is 5.75 Å². The van der Waals surface area contributed by atoms with E-state index in [1.165, 1.54) is 0 Å². The van der Waals surface area contributed by atoms with Crippen molar-refractivity contribution in [1.82, 2.24) is 25.1 Å². The van der Waals surface area contributed by atoms with Gasteiger partial charge >= 0.3 is 0 Å². The van der Waals surface area contributed by atoms with E-state index in [0.717, 1.165) is 33.9 Å². The summed E-state index contributed by atoms with van der Waals surface area (Å²) in [4.78, 5) is 21.6. The number of nitrogens with one attached hydrogen (secondary N) is 2. The molecule has 0 aliphatic carbocycles. The van der Waals surface area contributed by atoms with E-state index >= 15 is 0 Å². The van der Waals surface area contributed by atoms with Gasteiger partial charge in [0.1, 0.15) is 11.6 Å². The molecule has 0 spiro atoms. The lowest BCUT2D eigenvalue weighted by Crippen LogP contribution is -2.28. The van der Waals surface area contributed by atoms with Crippen molar-refractivity contribution in [2.24, 2.45) is 0 Å². The molecule has 1 aromatic carbocycles. The fourth-order valence-corrected chi connectivity index (χ4v) is 3.67. The largest absolute Gasteiger partial charge is 0.497 e. The second-order valence-electron chi connectivity index (χ2n) is 6.89. The Balaban J connectivity index is 1.62. The van der Waals surface area contributed by atoms with Crippen LogP contribution in [0.1, 0.15) is 19.4 Å². The van der Waals surface area contributed by atoms with Crippen molar-refractivity contribution < 1.29 is 14.3 Å². The molecule has 0 aliphatic rings. The third-order valence-corrected chi connectivity index (χ3v) is 5.39. The third kappa shape index (κ3) is 6.57. The van der Waals surface area contributed by atoms with E-state index in [4.69, 9.17) is 9.47 Å². The molecule has 0 unspecified atom stereocenters. The summed E-state index contributed by atoms with van der Waals surface area (Å²) in [5, 5.41) is 12.3. The van der Waals surface area contributed by atoms with Crippen molar-refractivity contribution >= 4 is 34.5 Å². The van der Waals surface area contributed by atoms with E-state index in [1.54, 1.807) is 29.8 Å².